The zero-order chi connectivity index (χ0) is 11.9. The van der Waals surface area contributed by atoms with Gasteiger partial charge in [-0.3, -0.25) is 0 Å². The Labute approximate surface area is 104 Å². The summed E-state index contributed by atoms with van der Waals surface area (Å²) >= 11 is 0. The molecular weight excluding hydrogens is 210 g/mol. The summed E-state index contributed by atoms with van der Waals surface area (Å²) in [7, 11) is 0. The van der Waals surface area contributed by atoms with Gasteiger partial charge in [-0.2, -0.15) is 0 Å². The first-order valence-corrected chi connectivity index (χ1v) is 6.79. The van der Waals surface area contributed by atoms with Crippen molar-refractivity contribution in [1.82, 2.24) is 5.32 Å². The highest BCUT2D eigenvalue weighted by molar-refractivity contribution is 5.14. The van der Waals surface area contributed by atoms with E-state index in [0.717, 1.165) is 19.5 Å². The van der Waals surface area contributed by atoms with E-state index in [0.29, 0.717) is 5.92 Å². The third kappa shape index (κ3) is 4.14. The molecule has 94 valence electrons. The smallest absolute Gasteiger partial charge is 0.0580 e. The number of hydrogen-bond donors (Lipinski definition) is 2. The average Bonchev–Trinajstić information content (AvgIpc) is 2.56. The summed E-state index contributed by atoms with van der Waals surface area (Å²) in [6.07, 6.45) is 5.80. The largest absolute Gasteiger partial charge is 0.393 e. The van der Waals surface area contributed by atoms with Crippen molar-refractivity contribution in [2.45, 2.75) is 44.8 Å². The molecule has 2 heteroatoms. The van der Waals surface area contributed by atoms with Crippen LogP contribution in [0, 0.1) is 5.92 Å². The van der Waals surface area contributed by atoms with Crippen molar-refractivity contribution in [1.29, 1.82) is 0 Å². The number of hydrogen-bond acceptors (Lipinski definition) is 2. The SMILES string of the molecule is O[C@@H]1CCCCC[C@@H]1CNCc1ccccc1. The average molecular weight is 233 g/mol. The summed E-state index contributed by atoms with van der Waals surface area (Å²) in [5, 5.41) is 13.5. The van der Waals surface area contributed by atoms with Crippen molar-refractivity contribution in [2.24, 2.45) is 5.92 Å². The Kier molecular flexibility index (Phi) is 5.02. The predicted molar refractivity (Wildman–Crippen MR) is 70.7 cm³/mol. The van der Waals surface area contributed by atoms with Gasteiger partial charge in [0.25, 0.3) is 0 Å². The van der Waals surface area contributed by atoms with Crippen molar-refractivity contribution < 1.29 is 5.11 Å². The molecule has 0 amide bonds. The van der Waals surface area contributed by atoms with E-state index in [1.165, 1.54) is 31.2 Å². The minimum atomic E-state index is -0.0965. The van der Waals surface area contributed by atoms with E-state index >= 15 is 0 Å². The van der Waals surface area contributed by atoms with Gasteiger partial charge in [0.1, 0.15) is 0 Å². The van der Waals surface area contributed by atoms with Crippen LogP contribution in [0.3, 0.4) is 0 Å². The molecule has 1 saturated carbocycles. The highest BCUT2D eigenvalue weighted by Gasteiger charge is 2.20. The monoisotopic (exact) mass is 233 g/mol. The quantitative estimate of drug-likeness (QED) is 0.784. The second-order valence-electron chi connectivity index (χ2n) is 5.08. The van der Waals surface area contributed by atoms with Gasteiger partial charge in [-0.25, -0.2) is 0 Å². The molecule has 1 aromatic rings. The van der Waals surface area contributed by atoms with Crippen LogP contribution < -0.4 is 5.32 Å². The summed E-state index contributed by atoms with van der Waals surface area (Å²) in [5.74, 6) is 0.446. The van der Waals surface area contributed by atoms with Crippen molar-refractivity contribution in [3.8, 4) is 0 Å². The normalized spacial score (nSPS) is 25.5. The molecule has 0 radical (unpaired) electrons. The van der Waals surface area contributed by atoms with E-state index in [4.69, 9.17) is 0 Å². The maximum atomic E-state index is 10.0. The maximum absolute atomic E-state index is 10.0. The molecule has 0 aliphatic heterocycles. The van der Waals surface area contributed by atoms with Crippen LogP contribution in [0.2, 0.25) is 0 Å². The molecule has 17 heavy (non-hydrogen) atoms. The van der Waals surface area contributed by atoms with Crippen LogP contribution in [0.1, 0.15) is 37.7 Å². The Hall–Kier alpha value is -0.860. The molecule has 2 nitrogen and oxygen atoms in total. The standard InChI is InChI=1S/C15H23NO/c17-15-10-6-2-5-9-14(15)12-16-11-13-7-3-1-4-8-13/h1,3-4,7-8,14-17H,2,5-6,9-12H2/t14-,15-/m1/s1. The third-order valence-electron chi connectivity index (χ3n) is 3.70. The summed E-state index contributed by atoms with van der Waals surface area (Å²) in [5.41, 5.74) is 1.32. The fraction of sp³-hybridized carbons (Fsp3) is 0.600. The van der Waals surface area contributed by atoms with E-state index in [1.54, 1.807) is 0 Å². The molecule has 2 N–H and O–H groups in total. The van der Waals surface area contributed by atoms with Crippen LogP contribution in [0.4, 0.5) is 0 Å². The number of aliphatic hydroxyl groups excluding tert-OH is 1. The number of aliphatic hydroxyl groups is 1. The Morgan fingerprint density at radius 3 is 2.65 bits per heavy atom. The zero-order valence-electron chi connectivity index (χ0n) is 10.4. The van der Waals surface area contributed by atoms with Crippen LogP contribution in [0.5, 0.6) is 0 Å². The second-order valence-corrected chi connectivity index (χ2v) is 5.08. The van der Waals surface area contributed by atoms with Gasteiger partial charge in [0, 0.05) is 13.1 Å². The highest BCUT2D eigenvalue weighted by atomic mass is 16.3. The zero-order valence-corrected chi connectivity index (χ0v) is 10.4. The van der Waals surface area contributed by atoms with Gasteiger partial charge < -0.3 is 10.4 Å². The van der Waals surface area contributed by atoms with E-state index in [9.17, 15) is 5.11 Å². The van der Waals surface area contributed by atoms with E-state index in [1.807, 2.05) is 6.07 Å². The van der Waals surface area contributed by atoms with Crippen LogP contribution >= 0.6 is 0 Å². The highest BCUT2D eigenvalue weighted by Crippen LogP contribution is 2.22. The molecule has 0 spiro atoms. The molecule has 1 aliphatic rings. The second kappa shape index (κ2) is 6.77. The molecule has 0 saturated heterocycles. The Balaban J connectivity index is 1.73. The molecule has 1 aliphatic carbocycles. The molecule has 0 bridgehead atoms. The minimum Gasteiger partial charge on any atom is -0.393 e. The van der Waals surface area contributed by atoms with Gasteiger partial charge in [-0.1, -0.05) is 49.6 Å². The van der Waals surface area contributed by atoms with Gasteiger partial charge in [0.15, 0.2) is 0 Å². The lowest BCUT2D eigenvalue weighted by Crippen LogP contribution is -2.30. The van der Waals surface area contributed by atoms with Crippen molar-refractivity contribution in [3.63, 3.8) is 0 Å². The Morgan fingerprint density at radius 2 is 1.82 bits per heavy atom. The summed E-state index contributed by atoms with van der Waals surface area (Å²) in [6, 6.07) is 10.4. The molecular formula is C15H23NO. The lowest BCUT2D eigenvalue weighted by molar-refractivity contribution is 0.0997. The van der Waals surface area contributed by atoms with Crippen molar-refractivity contribution in [3.05, 3.63) is 35.9 Å². The molecule has 0 aromatic heterocycles. The minimum absolute atomic E-state index is 0.0965. The maximum Gasteiger partial charge on any atom is 0.0580 e. The number of nitrogens with one attached hydrogen (secondary N) is 1. The van der Waals surface area contributed by atoms with Crippen molar-refractivity contribution in [2.75, 3.05) is 6.54 Å². The van der Waals surface area contributed by atoms with Gasteiger partial charge in [0.05, 0.1) is 6.10 Å². The first-order valence-electron chi connectivity index (χ1n) is 6.79. The van der Waals surface area contributed by atoms with Gasteiger partial charge in [-0.05, 0) is 24.3 Å². The lowest BCUT2D eigenvalue weighted by atomic mass is 9.97. The van der Waals surface area contributed by atoms with Gasteiger partial charge in [-0.15, -0.1) is 0 Å². The fourth-order valence-corrected chi connectivity index (χ4v) is 2.60. The predicted octanol–water partition coefficient (Wildman–Crippen LogP) is 2.72. The van der Waals surface area contributed by atoms with Gasteiger partial charge in [0.2, 0.25) is 0 Å². The first kappa shape index (κ1) is 12.6. The van der Waals surface area contributed by atoms with Crippen LogP contribution in [-0.2, 0) is 6.54 Å². The molecule has 2 rings (SSSR count). The first-order chi connectivity index (χ1) is 8.36. The summed E-state index contributed by atoms with van der Waals surface area (Å²) in [4.78, 5) is 0. The van der Waals surface area contributed by atoms with E-state index in [-0.39, 0.29) is 6.10 Å². The van der Waals surface area contributed by atoms with Gasteiger partial charge >= 0.3 is 0 Å². The molecule has 1 aromatic carbocycles. The lowest BCUT2D eigenvalue weighted by Gasteiger charge is -2.20. The molecule has 1 fully saturated rings. The summed E-state index contributed by atoms with van der Waals surface area (Å²) < 4.78 is 0. The van der Waals surface area contributed by atoms with E-state index < -0.39 is 0 Å². The number of rotatable bonds is 4. The number of benzene rings is 1. The molecule has 2 atom stereocenters. The van der Waals surface area contributed by atoms with Crippen molar-refractivity contribution >= 4 is 0 Å². The van der Waals surface area contributed by atoms with E-state index in [2.05, 4.69) is 29.6 Å². The molecule has 0 heterocycles. The Morgan fingerprint density at radius 1 is 1.06 bits per heavy atom. The summed E-state index contributed by atoms with van der Waals surface area (Å²) in [6.45, 7) is 1.85. The Bertz CT molecular complexity index is 312. The van der Waals surface area contributed by atoms with Crippen LogP contribution in [0.25, 0.3) is 0 Å². The van der Waals surface area contributed by atoms with Crippen LogP contribution in [0.15, 0.2) is 30.3 Å². The fourth-order valence-electron chi connectivity index (χ4n) is 2.60. The third-order valence-corrected chi connectivity index (χ3v) is 3.70. The molecule has 0 unspecified atom stereocenters. The topological polar surface area (TPSA) is 32.3 Å². The van der Waals surface area contributed by atoms with Crippen LogP contribution in [-0.4, -0.2) is 17.8 Å².